The third kappa shape index (κ3) is 3.96. The lowest BCUT2D eigenvalue weighted by molar-refractivity contribution is -0.148. The van der Waals surface area contributed by atoms with Crippen LogP contribution in [0.15, 0.2) is 0 Å². The van der Waals surface area contributed by atoms with Crippen molar-refractivity contribution < 1.29 is 19.1 Å². The molecule has 6 nitrogen and oxygen atoms in total. The number of amides is 1. The van der Waals surface area contributed by atoms with E-state index < -0.39 is 17.9 Å². The van der Waals surface area contributed by atoms with Gasteiger partial charge in [0.05, 0.1) is 12.7 Å². The average Bonchev–Trinajstić information content (AvgIpc) is 2.82. The molecule has 0 radical (unpaired) electrons. The number of rotatable bonds is 6. The van der Waals surface area contributed by atoms with Crippen LogP contribution in [-0.4, -0.2) is 43.8 Å². The number of nitrogens with two attached hydrogens (primary N) is 1. The molecule has 6 heteroatoms. The van der Waals surface area contributed by atoms with E-state index in [1.807, 2.05) is 0 Å². The maximum Gasteiger partial charge on any atom is 0.332 e. The van der Waals surface area contributed by atoms with Gasteiger partial charge in [0.15, 0.2) is 6.04 Å². The third-order valence-electron chi connectivity index (χ3n) is 3.11. The molecule has 3 atom stereocenters. The van der Waals surface area contributed by atoms with Gasteiger partial charge in [0.2, 0.25) is 5.91 Å². The largest absolute Gasteiger partial charge is 0.464 e. The Labute approximate surface area is 107 Å². The zero-order valence-corrected chi connectivity index (χ0v) is 11.0. The van der Waals surface area contributed by atoms with Gasteiger partial charge in [-0.25, -0.2) is 4.79 Å². The molecule has 18 heavy (non-hydrogen) atoms. The van der Waals surface area contributed by atoms with Gasteiger partial charge in [0, 0.05) is 19.1 Å². The predicted molar refractivity (Wildman–Crippen MR) is 65.8 cm³/mol. The number of hydrogen-bond acceptors (Lipinski definition) is 5. The van der Waals surface area contributed by atoms with Crippen LogP contribution in [-0.2, 0) is 19.1 Å². The van der Waals surface area contributed by atoms with Crippen LogP contribution in [0, 0.1) is 5.92 Å². The van der Waals surface area contributed by atoms with Crippen molar-refractivity contribution in [3.8, 4) is 0 Å². The fourth-order valence-corrected chi connectivity index (χ4v) is 2.06. The van der Waals surface area contributed by atoms with Gasteiger partial charge in [-0.15, -0.1) is 0 Å². The molecular formula is C12H22N2O4. The number of nitrogens with one attached hydrogen (secondary N) is 1. The van der Waals surface area contributed by atoms with Crippen LogP contribution in [0.2, 0.25) is 0 Å². The lowest BCUT2D eigenvalue weighted by Gasteiger charge is -2.18. The summed E-state index contributed by atoms with van der Waals surface area (Å²) in [5.41, 5.74) is 5.48. The van der Waals surface area contributed by atoms with E-state index in [-0.39, 0.29) is 12.7 Å². The Morgan fingerprint density at radius 2 is 2.22 bits per heavy atom. The molecule has 1 rings (SSSR count). The molecule has 3 N–H and O–H groups in total. The molecule has 1 fully saturated rings. The van der Waals surface area contributed by atoms with Crippen LogP contribution in [0.3, 0.4) is 0 Å². The van der Waals surface area contributed by atoms with Gasteiger partial charge < -0.3 is 20.5 Å². The lowest BCUT2D eigenvalue weighted by Crippen LogP contribution is -2.48. The fourth-order valence-electron chi connectivity index (χ4n) is 2.06. The van der Waals surface area contributed by atoms with Crippen molar-refractivity contribution in [3.05, 3.63) is 0 Å². The van der Waals surface area contributed by atoms with E-state index in [0.717, 1.165) is 19.4 Å². The number of carbonyl (C=O) groups is 2. The first kappa shape index (κ1) is 14.9. The molecular weight excluding hydrogens is 236 g/mol. The summed E-state index contributed by atoms with van der Waals surface area (Å²) < 4.78 is 10.2. The maximum atomic E-state index is 11.6. The molecule has 1 amide bonds. The van der Waals surface area contributed by atoms with Crippen molar-refractivity contribution in [2.45, 2.75) is 38.8 Å². The Hall–Kier alpha value is -1.14. The zero-order valence-electron chi connectivity index (χ0n) is 11.0. The van der Waals surface area contributed by atoms with E-state index in [9.17, 15) is 9.59 Å². The van der Waals surface area contributed by atoms with Crippen molar-refractivity contribution in [2.75, 3.05) is 19.8 Å². The monoisotopic (exact) mass is 258 g/mol. The summed E-state index contributed by atoms with van der Waals surface area (Å²) in [4.78, 5) is 22.9. The van der Waals surface area contributed by atoms with E-state index in [0.29, 0.717) is 12.5 Å². The van der Waals surface area contributed by atoms with E-state index in [2.05, 4.69) is 17.0 Å². The van der Waals surface area contributed by atoms with Crippen molar-refractivity contribution >= 4 is 11.9 Å². The standard InChI is InChI=1S/C12H22N2O4/c1-3-9-8(5-6-18-9)7-14-11(15)10(13)12(16)17-4-2/h8-10H,3-7,13H2,1-2H3,(H,14,15). The summed E-state index contributed by atoms with van der Waals surface area (Å²) in [7, 11) is 0. The highest BCUT2D eigenvalue weighted by atomic mass is 16.5. The molecule has 0 aromatic rings. The van der Waals surface area contributed by atoms with Crippen molar-refractivity contribution in [2.24, 2.45) is 11.7 Å². The quantitative estimate of drug-likeness (QED) is 0.509. The molecule has 1 aliphatic rings. The lowest BCUT2D eigenvalue weighted by atomic mass is 9.99. The minimum absolute atomic E-state index is 0.184. The molecule has 0 aromatic carbocycles. The summed E-state index contributed by atoms with van der Waals surface area (Å²) in [6.07, 6.45) is 2.03. The highest BCUT2D eigenvalue weighted by Gasteiger charge is 2.29. The summed E-state index contributed by atoms with van der Waals surface area (Å²) in [5, 5.41) is 2.68. The summed E-state index contributed by atoms with van der Waals surface area (Å²) in [6, 6.07) is -1.24. The summed E-state index contributed by atoms with van der Waals surface area (Å²) in [5.74, 6) is -0.881. The molecule has 0 saturated carbocycles. The Morgan fingerprint density at radius 3 is 2.83 bits per heavy atom. The van der Waals surface area contributed by atoms with Crippen molar-refractivity contribution in [3.63, 3.8) is 0 Å². The zero-order chi connectivity index (χ0) is 13.5. The Balaban J connectivity index is 2.34. The van der Waals surface area contributed by atoms with Crippen molar-refractivity contribution in [1.82, 2.24) is 5.32 Å². The average molecular weight is 258 g/mol. The first-order valence-corrected chi connectivity index (χ1v) is 6.41. The van der Waals surface area contributed by atoms with Gasteiger partial charge in [0.1, 0.15) is 0 Å². The third-order valence-corrected chi connectivity index (χ3v) is 3.11. The van der Waals surface area contributed by atoms with Crippen LogP contribution >= 0.6 is 0 Å². The molecule has 0 aromatic heterocycles. The van der Waals surface area contributed by atoms with Gasteiger partial charge in [-0.3, -0.25) is 4.79 Å². The minimum atomic E-state index is -1.24. The van der Waals surface area contributed by atoms with Crippen LogP contribution in [0.1, 0.15) is 26.7 Å². The molecule has 3 unspecified atom stereocenters. The fraction of sp³-hybridized carbons (Fsp3) is 0.833. The van der Waals surface area contributed by atoms with Gasteiger partial charge in [-0.05, 0) is 19.8 Å². The molecule has 1 aliphatic heterocycles. The number of esters is 1. The first-order chi connectivity index (χ1) is 8.60. The molecule has 1 saturated heterocycles. The van der Waals surface area contributed by atoms with Crippen molar-refractivity contribution in [1.29, 1.82) is 0 Å². The highest BCUT2D eigenvalue weighted by Crippen LogP contribution is 2.22. The highest BCUT2D eigenvalue weighted by molar-refractivity contribution is 6.01. The van der Waals surface area contributed by atoms with E-state index in [4.69, 9.17) is 10.5 Å². The smallest absolute Gasteiger partial charge is 0.332 e. The summed E-state index contributed by atoms with van der Waals surface area (Å²) >= 11 is 0. The summed E-state index contributed by atoms with van der Waals surface area (Å²) in [6.45, 7) is 5.15. The Kier molecular flexibility index (Phi) is 6.07. The predicted octanol–water partition coefficient (Wildman–Crippen LogP) is -0.192. The van der Waals surface area contributed by atoms with Crippen LogP contribution in [0.4, 0.5) is 0 Å². The molecule has 1 heterocycles. The normalized spacial score (nSPS) is 24.6. The molecule has 0 aliphatic carbocycles. The van der Waals surface area contributed by atoms with Crippen LogP contribution < -0.4 is 11.1 Å². The van der Waals surface area contributed by atoms with Crippen LogP contribution in [0.5, 0.6) is 0 Å². The molecule has 0 spiro atoms. The minimum Gasteiger partial charge on any atom is -0.464 e. The second-order valence-electron chi connectivity index (χ2n) is 4.34. The molecule has 0 bridgehead atoms. The number of hydrogen-bond donors (Lipinski definition) is 2. The van der Waals surface area contributed by atoms with E-state index in [1.165, 1.54) is 0 Å². The van der Waals surface area contributed by atoms with Gasteiger partial charge in [0.25, 0.3) is 0 Å². The molecule has 104 valence electrons. The maximum absolute atomic E-state index is 11.6. The topological polar surface area (TPSA) is 90.7 Å². The van der Waals surface area contributed by atoms with E-state index in [1.54, 1.807) is 6.92 Å². The Bertz CT molecular complexity index is 296. The number of carbonyl (C=O) groups excluding carboxylic acids is 2. The van der Waals surface area contributed by atoms with Gasteiger partial charge in [-0.1, -0.05) is 6.92 Å². The van der Waals surface area contributed by atoms with Crippen LogP contribution in [0.25, 0.3) is 0 Å². The number of ether oxygens (including phenoxy) is 2. The SMILES string of the molecule is CCOC(=O)C(N)C(=O)NCC1CCOC1CC. The van der Waals surface area contributed by atoms with Gasteiger partial charge >= 0.3 is 5.97 Å². The Morgan fingerprint density at radius 1 is 1.50 bits per heavy atom. The second kappa shape index (κ2) is 7.33. The van der Waals surface area contributed by atoms with E-state index >= 15 is 0 Å². The first-order valence-electron chi connectivity index (χ1n) is 6.41. The van der Waals surface area contributed by atoms with Gasteiger partial charge in [-0.2, -0.15) is 0 Å². The second-order valence-corrected chi connectivity index (χ2v) is 4.34.